The van der Waals surface area contributed by atoms with Gasteiger partial charge < -0.3 is 5.11 Å². The maximum absolute atomic E-state index is 12.2. The van der Waals surface area contributed by atoms with Crippen LogP contribution in [0.25, 0.3) is 0 Å². The standard InChI is InChI=1S/C14H15NO3S/c1-10-3-8-14(11(2)9-10)15-19(17,18)13-6-4-12(16)5-7-13/h3-9,15-16H,1-2H3. The van der Waals surface area contributed by atoms with Crippen molar-refractivity contribution in [3.05, 3.63) is 53.6 Å². The fourth-order valence-corrected chi connectivity index (χ4v) is 2.89. The maximum Gasteiger partial charge on any atom is 0.261 e. The van der Waals surface area contributed by atoms with Gasteiger partial charge in [0.15, 0.2) is 0 Å². The Kier molecular flexibility index (Phi) is 3.48. The Morgan fingerprint density at radius 1 is 1.00 bits per heavy atom. The molecule has 5 heteroatoms. The van der Waals surface area contributed by atoms with Gasteiger partial charge in [-0.15, -0.1) is 0 Å². The number of rotatable bonds is 3. The maximum atomic E-state index is 12.2. The Morgan fingerprint density at radius 2 is 1.63 bits per heavy atom. The first-order valence-corrected chi connectivity index (χ1v) is 7.26. The number of aryl methyl sites for hydroxylation is 2. The number of aromatic hydroxyl groups is 1. The first kappa shape index (κ1) is 13.4. The molecule has 100 valence electrons. The van der Waals surface area contributed by atoms with Crippen LogP contribution in [0.15, 0.2) is 47.4 Å². The Labute approximate surface area is 112 Å². The van der Waals surface area contributed by atoms with Gasteiger partial charge in [-0.3, -0.25) is 4.72 Å². The fourth-order valence-electron chi connectivity index (χ4n) is 1.76. The van der Waals surface area contributed by atoms with Gasteiger partial charge in [0.1, 0.15) is 5.75 Å². The Bertz CT molecular complexity index is 691. The quantitative estimate of drug-likeness (QED) is 0.906. The molecule has 0 aliphatic rings. The first-order chi connectivity index (χ1) is 8.88. The molecule has 0 aliphatic heterocycles. The van der Waals surface area contributed by atoms with Crippen LogP contribution in [-0.2, 0) is 10.0 Å². The van der Waals surface area contributed by atoms with Crippen molar-refractivity contribution in [2.24, 2.45) is 0 Å². The van der Waals surface area contributed by atoms with Crippen molar-refractivity contribution in [2.45, 2.75) is 18.7 Å². The van der Waals surface area contributed by atoms with Crippen LogP contribution in [0.4, 0.5) is 5.69 Å². The Hall–Kier alpha value is -2.01. The zero-order chi connectivity index (χ0) is 14.0. The molecule has 2 rings (SSSR count). The minimum Gasteiger partial charge on any atom is -0.508 e. The average molecular weight is 277 g/mol. The van der Waals surface area contributed by atoms with E-state index in [-0.39, 0.29) is 10.6 Å². The van der Waals surface area contributed by atoms with Gasteiger partial charge in [0.2, 0.25) is 0 Å². The molecule has 0 bridgehead atoms. The SMILES string of the molecule is Cc1ccc(NS(=O)(=O)c2ccc(O)cc2)c(C)c1. The summed E-state index contributed by atoms with van der Waals surface area (Å²) >= 11 is 0. The van der Waals surface area contributed by atoms with Gasteiger partial charge in [0.25, 0.3) is 10.0 Å². The van der Waals surface area contributed by atoms with Gasteiger partial charge in [-0.25, -0.2) is 8.42 Å². The number of hydrogen-bond acceptors (Lipinski definition) is 3. The highest BCUT2D eigenvalue weighted by molar-refractivity contribution is 7.92. The molecule has 2 N–H and O–H groups in total. The Balaban J connectivity index is 2.33. The number of phenols is 1. The lowest BCUT2D eigenvalue weighted by molar-refractivity contribution is 0.475. The molecule has 0 fully saturated rings. The first-order valence-electron chi connectivity index (χ1n) is 5.77. The predicted octanol–water partition coefficient (Wildman–Crippen LogP) is 2.81. The van der Waals surface area contributed by atoms with Crippen LogP contribution in [0, 0.1) is 13.8 Å². The topological polar surface area (TPSA) is 66.4 Å². The van der Waals surface area contributed by atoms with E-state index in [9.17, 15) is 13.5 Å². The minimum atomic E-state index is -3.63. The van der Waals surface area contributed by atoms with E-state index < -0.39 is 10.0 Å². The lowest BCUT2D eigenvalue weighted by atomic mass is 10.1. The van der Waals surface area contributed by atoms with Crippen molar-refractivity contribution in [1.82, 2.24) is 0 Å². The molecule has 0 radical (unpaired) electrons. The second kappa shape index (κ2) is 4.93. The number of anilines is 1. The monoisotopic (exact) mass is 277 g/mol. The van der Waals surface area contributed by atoms with Gasteiger partial charge >= 0.3 is 0 Å². The van der Waals surface area contributed by atoms with Crippen LogP contribution in [0.1, 0.15) is 11.1 Å². The van der Waals surface area contributed by atoms with Crippen LogP contribution in [0.5, 0.6) is 5.75 Å². The zero-order valence-electron chi connectivity index (χ0n) is 10.7. The van der Waals surface area contributed by atoms with Gasteiger partial charge in [-0.2, -0.15) is 0 Å². The third-order valence-corrected chi connectivity index (χ3v) is 4.15. The van der Waals surface area contributed by atoms with Crippen LogP contribution in [0.2, 0.25) is 0 Å². The van der Waals surface area contributed by atoms with Crippen molar-refractivity contribution in [1.29, 1.82) is 0 Å². The van der Waals surface area contributed by atoms with Gasteiger partial charge in [0.05, 0.1) is 10.6 Å². The summed E-state index contributed by atoms with van der Waals surface area (Å²) in [6.45, 7) is 3.80. The van der Waals surface area contributed by atoms with E-state index in [0.29, 0.717) is 5.69 Å². The normalized spacial score (nSPS) is 11.3. The number of phenolic OH excluding ortho intramolecular Hbond substituents is 1. The Morgan fingerprint density at radius 3 is 2.21 bits per heavy atom. The van der Waals surface area contributed by atoms with E-state index >= 15 is 0 Å². The summed E-state index contributed by atoms with van der Waals surface area (Å²) in [6, 6.07) is 10.9. The van der Waals surface area contributed by atoms with Crippen molar-refractivity contribution in [2.75, 3.05) is 4.72 Å². The summed E-state index contributed by atoms with van der Waals surface area (Å²) in [5.74, 6) is 0.0328. The molecule has 0 saturated heterocycles. The largest absolute Gasteiger partial charge is 0.508 e. The summed E-state index contributed by atoms with van der Waals surface area (Å²) < 4.78 is 26.9. The lowest BCUT2D eigenvalue weighted by Crippen LogP contribution is -2.13. The minimum absolute atomic E-state index is 0.0328. The molecule has 0 unspecified atom stereocenters. The molecule has 0 spiro atoms. The van der Waals surface area contributed by atoms with Gasteiger partial charge in [-0.05, 0) is 49.7 Å². The number of sulfonamides is 1. The molecule has 0 amide bonds. The highest BCUT2D eigenvalue weighted by atomic mass is 32.2. The number of nitrogens with one attached hydrogen (secondary N) is 1. The fraction of sp³-hybridized carbons (Fsp3) is 0.143. The highest BCUT2D eigenvalue weighted by Crippen LogP contribution is 2.21. The van der Waals surface area contributed by atoms with E-state index in [0.717, 1.165) is 11.1 Å². The number of hydrogen-bond donors (Lipinski definition) is 2. The second-order valence-corrected chi connectivity index (χ2v) is 6.10. The van der Waals surface area contributed by atoms with Gasteiger partial charge in [0, 0.05) is 0 Å². The molecular weight excluding hydrogens is 262 g/mol. The van der Waals surface area contributed by atoms with E-state index in [2.05, 4.69) is 4.72 Å². The predicted molar refractivity (Wildman–Crippen MR) is 74.8 cm³/mol. The van der Waals surface area contributed by atoms with E-state index in [1.54, 1.807) is 6.07 Å². The lowest BCUT2D eigenvalue weighted by Gasteiger charge is -2.11. The molecule has 4 nitrogen and oxygen atoms in total. The second-order valence-electron chi connectivity index (χ2n) is 4.42. The van der Waals surface area contributed by atoms with Gasteiger partial charge in [-0.1, -0.05) is 17.7 Å². The highest BCUT2D eigenvalue weighted by Gasteiger charge is 2.14. The van der Waals surface area contributed by atoms with E-state index in [1.807, 2.05) is 26.0 Å². The van der Waals surface area contributed by atoms with Crippen molar-refractivity contribution in [3.63, 3.8) is 0 Å². The third kappa shape index (κ3) is 3.06. The third-order valence-electron chi connectivity index (χ3n) is 2.77. The number of benzene rings is 2. The van der Waals surface area contributed by atoms with Crippen LogP contribution >= 0.6 is 0 Å². The average Bonchev–Trinajstić information content (AvgIpc) is 2.33. The van der Waals surface area contributed by atoms with Crippen LogP contribution < -0.4 is 4.72 Å². The molecule has 0 heterocycles. The summed E-state index contributed by atoms with van der Waals surface area (Å²) in [6.07, 6.45) is 0. The zero-order valence-corrected chi connectivity index (χ0v) is 11.5. The van der Waals surface area contributed by atoms with Crippen LogP contribution in [-0.4, -0.2) is 13.5 Å². The molecule has 19 heavy (non-hydrogen) atoms. The van der Waals surface area contributed by atoms with Crippen LogP contribution in [0.3, 0.4) is 0 Å². The molecule has 0 atom stereocenters. The van der Waals surface area contributed by atoms with E-state index in [1.165, 1.54) is 24.3 Å². The molecule has 2 aromatic carbocycles. The van der Waals surface area contributed by atoms with Crippen molar-refractivity contribution >= 4 is 15.7 Å². The van der Waals surface area contributed by atoms with Crippen molar-refractivity contribution < 1.29 is 13.5 Å². The van der Waals surface area contributed by atoms with Crippen molar-refractivity contribution in [3.8, 4) is 5.75 Å². The molecule has 0 aliphatic carbocycles. The molecule has 0 saturated carbocycles. The molecule has 2 aromatic rings. The summed E-state index contributed by atoms with van der Waals surface area (Å²) in [5, 5.41) is 9.17. The molecular formula is C14H15NO3S. The smallest absolute Gasteiger partial charge is 0.261 e. The summed E-state index contributed by atoms with van der Waals surface area (Å²) in [7, 11) is -3.63. The summed E-state index contributed by atoms with van der Waals surface area (Å²) in [5.41, 5.74) is 2.49. The molecule has 0 aromatic heterocycles. The summed E-state index contributed by atoms with van der Waals surface area (Å²) in [4.78, 5) is 0.116. The van der Waals surface area contributed by atoms with E-state index in [4.69, 9.17) is 0 Å².